The highest BCUT2D eigenvalue weighted by atomic mass is 32.1. The molecule has 25 heavy (non-hydrogen) atoms. The Morgan fingerprint density at radius 3 is 2.68 bits per heavy atom. The second kappa shape index (κ2) is 8.82. The van der Waals surface area contributed by atoms with Crippen molar-refractivity contribution in [2.45, 2.75) is 38.4 Å². The number of rotatable bonds is 8. The van der Waals surface area contributed by atoms with Crippen LogP contribution in [0.1, 0.15) is 34.3 Å². The number of amides is 2. The Kier molecular flexibility index (Phi) is 6.77. The molecule has 1 aliphatic rings. The zero-order valence-electron chi connectivity index (χ0n) is 14.3. The first-order valence-corrected chi connectivity index (χ1v) is 8.91. The number of carbonyl (C=O) groups is 3. The van der Waals surface area contributed by atoms with E-state index in [0.29, 0.717) is 18.0 Å². The number of nitrogens with zero attached hydrogens (tertiary/aromatic N) is 1. The number of esters is 1. The number of carboxylic acid groups (broad SMARTS) is 1. The van der Waals surface area contributed by atoms with Gasteiger partial charge in [0.2, 0.25) is 0 Å². The second-order valence-electron chi connectivity index (χ2n) is 5.86. The normalized spacial score (nSPS) is 19.2. The summed E-state index contributed by atoms with van der Waals surface area (Å²) in [7, 11) is 1.33. The molecule has 1 saturated carbocycles. The highest BCUT2D eigenvalue weighted by Crippen LogP contribution is 2.25. The molecular weight excluding hydrogens is 346 g/mol. The van der Waals surface area contributed by atoms with Crippen LogP contribution in [-0.2, 0) is 16.1 Å². The molecule has 0 spiro atoms. The van der Waals surface area contributed by atoms with Crippen molar-refractivity contribution in [1.29, 1.82) is 0 Å². The van der Waals surface area contributed by atoms with Crippen LogP contribution in [0.25, 0.3) is 0 Å². The summed E-state index contributed by atoms with van der Waals surface area (Å²) in [5.41, 5.74) is 0. The molecule has 1 aliphatic carbocycles. The summed E-state index contributed by atoms with van der Waals surface area (Å²) in [6, 6.07) is 3.44. The van der Waals surface area contributed by atoms with Gasteiger partial charge in [0.15, 0.2) is 0 Å². The molecule has 3 N–H and O–H groups in total. The molecule has 0 aromatic carbocycles. The van der Waals surface area contributed by atoms with Gasteiger partial charge in [-0.3, -0.25) is 9.69 Å². The van der Waals surface area contributed by atoms with Crippen LogP contribution in [0, 0.1) is 0 Å². The molecule has 1 fully saturated rings. The first-order valence-electron chi connectivity index (χ1n) is 8.10. The number of ether oxygens (including phenoxy) is 1. The van der Waals surface area contributed by atoms with Gasteiger partial charge in [0, 0.05) is 17.0 Å². The monoisotopic (exact) mass is 369 g/mol. The minimum atomic E-state index is -0.835. The van der Waals surface area contributed by atoms with Crippen molar-refractivity contribution in [3.05, 3.63) is 21.9 Å². The molecule has 0 radical (unpaired) electrons. The van der Waals surface area contributed by atoms with E-state index in [1.807, 2.05) is 11.8 Å². The van der Waals surface area contributed by atoms with Crippen LogP contribution in [0.15, 0.2) is 12.1 Å². The topological polar surface area (TPSA) is 108 Å². The maximum Gasteiger partial charge on any atom is 0.348 e. The Morgan fingerprint density at radius 2 is 2.08 bits per heavy atom. The average molecular weight is 369 g/mol. The smallest absolute Gasteiger partial charge is 0.348 e. The Bertz CT molecular complexity index is 627. The van der Waals surface area contributed by atoms with Gasteiger partial charge in [-0.1, -0.05) is 6.92 Å². The van der Waals surface area contributed by atoms with E-state index in [-0.39, 0.29) is 30.6 Å². The molecule has 1 heterocycles. The number of likely N-dealkylation sites (N-methyl/N-ethyl adjacent to an activating group) is 1. The van der Waals surface area contributed by atoms with E-state index in [2.05, 4.69) is 15.4 Å². The van der Waals surface area contributed by atoms with Crippen LogP contribution in [0.3, 0.4) is 0 Å². The third-order valence-electron chi connectivity index (χ3n) is 4.18. The van der Waals surface area contributed by atoms with Crippen molar-refractivity contribution in [3.8, 4) is 0 Å². The van der Waals surface area contributed by atoms with Gasteiger partial charge in [-0.15, -0.1) is 11.3 Å². The molecule has 0 bridgehead atoms. The average Bonchev–Trinajstić information content (AvgIpc) is 3.02. The Hall–Kier alpha value is -2.13. The number of aliphatic carboxylic acids is 1. The lowest BCUT2D eigenvalue weighted by Gasteiger charge is -2.42. The fraction of sp³-hybridized carbons (Fsp3) is 0.562. The Labute approximate surface area is 150 Å². The maximum absolute atomic E-state index is 11.9. The Morgan fingerprint density at radius 1 is 1.36 bits per heavy atom. The third kappa shape index (κ3) is 5.43. The number of thiophene rings is 1. The maximum atomic E-state index is 11.9. The standard InChI is InChI=1S/C16H23N3O5S/c1-3-19(9-14(20)21)11-6-10(7-11)18-16(23)17-8-12-4-5-13(25-12)15(22)24-2/h4-5,10-11H,3,6-9H2,1-2H3,(H,20,21)(H2,17,18,23). The highest BCUT2D eigenvalue weighted by molar-refractivity contribution is 7.13. The molecule has 0 aliphatic heterocycles. The summed E-state index contributed by atoms with van der Waals surface area (Å²) in [4.78, 5) is 37.4. The summed E-state index contributed by atoms with van der Waals surface area (Å²) in [5, 5.41) is 14.5. The van der Waals surface area contributed by atoms with E-state index < -0.39 is 5.97 Å². The fourth-order valence-electron chi connectivity index (χ4n) is 2.76. The predicted octanol–water partition coefficient (Wildman–Crippen LogP) is 1.27. The van der Waals surface area contributed by atoms with Crippen LogP contribution in [0.2, 0.25) is 0 Å². The second-order valence-corrected chi connectivity index (χ2v) is 7.03. The molecule has 138 valence electrons. The molecule has 1 aromatic rings. The van der Waals surface area contributed by atoms with Crippen LogP contribution in [0.5, 0.6) is 0 Å². The molecule has 2 amide bonds. The van der Waals surface area contributed by atoms with E-state index in [1.54, 1.807) is 12.1 Å². The van der Waals surface area contributed by atoms with Gasteiger partial charge in [0.25, 0.3) is 0 Å². The third-order valence-corrected chi connectivity index (χ3v) is 5.25. The van der Waals surface area contributed by atoms with Crippen LogP contribution in [0.4, 0.5) is 4.79 Å². The fourth-order valence-corrected chi connectivity index (χ4v) is 3.63. The van der Waals surface area contributed by atoms with Crippen molar-refractivity contribution >= 4 is 29.3 Å². The van der Waals surface area contributed by atoms with E-state index in [9.17, 15) is 14.4 Å². The molecule has 9 heteroatoms. The number of carbonyl (C=O) groups excluding carboxylic acids is 2. The van der Waals surface area contributed by atoms with Gasteiger partial charge >= 0.3 is 18.0 Å². The number of hydrogen-bond acceptors (Lipinski definition) is 6. The number of hydrogen-bond donors (Lipinski definition) is 3. The summed E-state index contributed by atoms with van der Waals surface area (Å²) < 4.78 is 4.64. The SMILES string of the molecule is CCN(CC(=O)O)C1CC(NC(=O)NCc2ccc(C(=O)OC)s2)C1. The van der Waals surface area contributed by atoms with Crippen molar-refractivity contribution < 1.29 is 24.2 Å². The summed E-state index contributed by atoms with van der Waals surface area (Å²) in [6.45, 7) is 2.97. The van der Waals surface area contributed by atoms with Crippen LogP contribution < -0.4 is 10.6 Å². The zero-order valence-corrected chi connectivity index (χ0v) is 15.1. The van der Waals surface area contributed by atoms with Crippen molar-refractivity contribution in [1.82, 2.24) is 15.5 Å². The van der Waals surface area contributed by atoms with Gasteiger partial charge in [-0.05, 0) is 31.5 Å². The molecule has 1 aromatic heterocycles. The van der Waals surface area contributed by atoms with E-state index >= 15 is 0 Å². The van der Waals surface area contributed by atoms with E-state index in [4.69, 9.17) is 5.11 Å². The summed E-state index contributed by atoms with van der Waals surface area (Å²) >= 11 is 1.28. The number of carboxylic acids is 1. The minimum absolute atomic E-state index is 0.0288. The van der Waals surface area contributed by atoms with Gasteiger partial charge in [-0.2, -0.15) is 0 Å². The number of methoxy groups -OCH3 is 1. The Balaban J connectivity index is 1.69. The molecule has 0 unspecified atom stereocenters. The van der Waals surface area contributed by atoms with Crippen molar-refractivity contribution in [3.63, 3.8) is 0 Å². The van der Waals surface area contributed by atoms with Crippen LogP contribution in [-0.4, -0.2) is 60.3 Å². The predicted molar refractivity (Wildman–Crippen MR) is 92.7 cm³/mol. The van der Waals surface area contributed by atoms with Crippen molar-refractivity contribution in [2.24, 2.45) is 0 Å². The lowest BCUT2D eigenvalue weighted by Crippen LogP contribution is -2.56. The summed E-state index contributed by atoms with van der Waals surface area (Å²) in [6.07, 6.45) is 1.50. The van der Waals surface area contributed by atoms with E-state index in [1.165, 1.54) is 18.4 Å². The van der Waals surface area contributed by atoms with Crippen molar-refractivity contribution in [2.75, 3.05) is 20.2 Å². The quantitative estimate of drug-likeness (QED) is 0.596. The van der Waals surface area contributed by atoms with Gasteiger partial charge in [-0.25, -0.2) is 9.59 Å². The molecule has 8 nitrogen and oxygen atoms in total. The van der Waals surface area contributed by atoms with Gasteiger partial charge < -0.3 is 20.5 Å². The lowest BCUT2D eigenvalue weighted by molar-refractivity contribution is -0.139. The molecule has 0 saturated heterocycles. The largest absolute Gasteiger partial charge is 0.480 e. The number of nitrogens with one attached hydrogen (secondary N) is 2. The number of urea groups is 1. The zero-order chi connectivity index (χ0) is 18.4. The van der Waals surface area contributed by atoms with Gasteiger partial charge in [0.05, 0.1) is 20.2 Å². The first-order chi connectivity index (χ1) is 11.9. The van der Waals surface area contributed by atoms with Crippen LogP contribution >= 0.6 is 11.3 Å². The minimum Gasteiger partial charge on any atom is -0.480 e. The first kappa shape index (κ1) is 19.2. The molecular formula is C16H23N3O5S. The highest BCUT2D eigenvalue weighted by Gasteiger charge is 2.34. The van der Waals surface area contributed by atoms with Gasteiger partial charge in [0.1, 0.15) is 4.88 Å². The molecule has 2 rings (SSSR count). The van der Waals surface area contributed by atoms with E-state index in [0.717, 1.165) is 17.7 Å². The lowest BCUT2D eigenvalue weighted by atomic mass is 9.85. The molecule has 0 atom stereocenters. The summed E-state index contributed by atoms with van der Waals surface area (Å²) in [5.74, 6) is -1.22.